The van der Waals surface area contributed by atoms with E-state index in [9.17, 15) is 0 Å². The van der Waals surface area contributed by atoms with Crippen molar-refractivity contribution in [1.82, 2.24) is 19.8 Å². The van der Waals surface area contributed by atoms with Crippen LogP contribution in [0.2, 0.25) is 0 Å². The van der Waals surface area contributed by atoms with Crippen molar-refractivity contribution in [2.75, 3.05) is 52.6 Å². The fourth-order valence-electron chi connectivity index (χ4n) is 3.88. The zero-order valence-electron chi connectivity index (χ0n) is 18.4. The molecule has 8 nitrogen and oxygen atoms in total. The van der Waals surface area contributed by atoms with Gasteiger partial charge in [-0.15, -0.1) is 0 Å². The van der Waals surface area contributed by atoms with Crippen molar-refractivity contribution in [2.45, 2.75) is 32.9 Å². The highest BCUT2D eigenvalue weighted by Crippen LogP contribution is 2.66. The lowest BCUT2D eigenvalue weighted by Gasteiger charge is -2.52. The molecule has 0 amide bonds. The van der Waals surface area contributed by atoms with E-state index in [0.717, 1.165) is 64.0 Å². The van der Waals surface area contributed by atoms with E-state index in [-0.39, 0.29) is 5.16 Å². The number of aromatic nitrogens is 1. The molecule has 3 heterocycles. The average Bonchev–Trinajstić information content (AvgIpc) is 2.76. The van der Waals surface area contributed by atoms with Gasteiger partial charge in [0.25, 0.3) is 0 Å². The van der Waals surface area contributed by atoms with Crippen molar-refractivity contribution < 1.29 is 9.47 Å². The molecule has 166 valence electrons. The molecular weight excluding hydrogens is 419 g/mol. The Kier molecular flexibility index (Phi) is 8.12. The summed E-state index contributed by atoms with van der Waals surface area (Å²) < 4.78 is 21.5. The van der Waals surface area contributed by atoms with Crippen LogP contribution in [0.25, 0.3) is 0 Å². The molecule has 2 aliphatic heterocycles. The Morgan fingerprint density at radius 1 is 1.07 bits per heavy atom. The number of thiocarbonyl (C=S) groups is 1. The molecule has 2 aliphatic rings. The number of morpholine rings is 2. The maximum Gasteiger partial charge on any atom is 0.214 e. The van der Waals surface area contributed by atoms with E-state index >= 15 is 0 Å². The average molecular weight is 453 g/mol. The van der Waals surface area contributed by atoms with Gasteiger partial charge in [-0.25, -0.2) is 4.74 Å². The SMILES string of the molecule is C/C(=N/NC(=S)N=P(N1CCOCC1)(N1CCOCC1)C(C)(C)C)c1ccccn1. The molecule has 0 aromatic carbocycles. The highest BCUT2D eigenvalue weighted by Gasteiger charge is 2.45. The first kappa shape index (κ1) is 23.4. The summed E-state index contributed by atoms with van der Waals surface area (Å²) in [5, 5.41) is 4.77. The van der Waals surface area contributed by atoms with Crippen LogP contribution >= 0.6 is 19.6 Å². The van der Waals surface area contributed by atoms with E-state index in [4.69, 9.17) is 26.4 Å². The molecule has 1 aromatic heterocycles. The van der Waals surface area contributed by atoms with Crippen LogP contribution in [0.5, 0.6) is 0 Å². The summed E-state index contributed by atoms with van der Waals surface area (Å²) in [5.74, 6) is 0. The molecule has 0 aliphatic carbocycles. The minimum Gasteiger partial charge on any atom is -0.379 e. The number of ether oxygens (including phenoxy) is 2. The van der Waals surface area contributed by atoms with Gasteiger partial charge in [0.1, 0.15) is 7.36 Å². The van der Waals surface area contributed by atoms with Crippen LogP contribution in [0.4, 0.5) is 0 Å². The molecule has 1 N–H and O–H groups in total. The van der Waals surface area contributed by atoms with Crippen LogP contribution < -0.4 is 5.43 Å². The fraction of sp³-hybridized carbons (Fsp3) is 0.650. The lowest BCUT2D eigenvalue weighted by molar-refractivity contribution is 0.0551. The highest BCUT2D eigenvalue weighted by atomic mass is 32.1. The smallest absolute Gasteiger partial charge is 0.214 e. The van der Waals surface area contributed by atoms with Gasteiger partial charge in [-0.1, -0.05) is 26.8 Å². The number of hydrazone groups is 1. The van der Waals surface area contributed by atoms with Gasteiger partial charge >= 0.3 is 0 Å². The van der Waals surface area contributed by atoms with Crippen LogP contribution in [0, 0.1) is 0 Å². The molecule has 2 fully saturated rings. The fourth-order valence-corrected chi connectivity index (χ4v) is 8.62. The van der Waals surface area contributed by atoms with Crippen LogP contribution in [0.3, 0.4) is 0 Å². The first-order valence-electron chi connectivity index (χ1n) is 10.4. The summed E-state index contributed by atoms with van der Waals surface area (Å²) in [7, 11) is -2.18. The quantitative estimate of drug-likeness (QED) is 0.326. The van der Waals surface area contributed by atoms with Crippen molar-refractivity contribution in [3.63, 3.8) is 0 Å². The Labute approximate surface area is 185 Å². The molecule has 0 bridgehead atoms. The number of rotatable bonds is 4. The van der Waals surface area contributed by atoms with E-state index in [1.54, 1.807) is 6.20 Å². The first-order chi connectivity index (χ1) is 14.3. The van der Waals surface area contributed by atoms with Crippen LogP contribution in [0.15, 0.2) is 34.2 Å². The first-order valence-corrected chi connectivity index (χ1v) is 12.4. The van der Waals surface area contributed by atoms with E-state index in [2.05, 4.69) is 45.6 Å². The number of hydrogen-bond acceptors (Lipinski definition) is 5. The second-order valence-corrected chi connectivity index (χ2v) is 12.5. The Bertz CT molecular complexity index is 777. The van der Waals surface area contributed by atoms with Crippen molar-refractivity contribution >= 4 is 30.4 Å². The Morgan fingerprint density at radius 2 is 1.63 bits per heavy atom. The molecule has 0 radical (unpaired) electrons. The van der Waals surface area contributed by atoms with Gasteiger partial charge in [0, 0.05) is 37.5 Å². The van der Waals surface area contributed by atoms with E-state index in [1.807, 2.05) is 25.1 Å². The second kappa shape index (κ2) is 10.4. The van der Waals surface area contributed by atoms with Crippen LogP contribution in [-0.2, 0) is 9.47 Å². The number of nitrogens with zero attached hydrogens (tertiary/aromatic N) is 5. The maximum absolute atomic E-state index is 5.68. The zero-order valence-corrected chi connectivity index (χ0v) is 20.1. The molecule has 3 rings (SSSR count). The third kappa shape index (κ3) is 5.33. The highest BCUT2D eigenvalue weighted by molar-refractivity contribution is 7.81. The number of nitrogens with one attached hydrogen (secondary N) is 1. The van der Waals surface area contributed by atoms with Gasteiger partial charge in [0.15, 0.2) is 0 Å². The summed E-state index contributed by atoms with van der Waals surface area (Å²) in [4.78, 5) is 4.34. The normalized spacial score (nSPS) is 20.1. The molecule has 0 spiro atoms. The van der Waals surface area contributed by atoms with Gasteiger partial charge in [-0.3, -0.25) is 19.8 Å². The standard InChI is InChI=1S/C20H33N6O2PS/c1-17(18-7-5-6-8-21-18)22-23-19(30)24-29(20(2,3)4,25-9-13-27-14-10-25)26-11-15-28-16-12-26/h5-8H,9-16H2,1-4H3,(H,23,30)/b22-17-. The zero-order chi connectivity index (χ0) is 21.6. The van der Waals surface area contributed by atoms with Crippen LogP contribution in [0.1, 0.15) is 33.4 Å². The number of hydrogen-bond donors (Lipinski definition) is 1. The topological polar surface area (TPSA) is 74.6 Å². The van der Waals surface area contributed by atoms with Crippen molar-refractivity contribution in [3.8, 4) is 0 Å². The largest absolute Gasteiger partial charge is 0.379 e. The lowest BCUT2D eigenvalue weighted by Crippen LogP contribution is -2.48. The third-order valence-corrected chi connectivity index (χ3v) is 10.2. The summed E-state index contributed by atoms with van der Waals surface area (Å²) >= 11 is 5.68. The predicted octanol–water partition coefficient (Wildman–Crippen LogP) is 3.17. The molecule has 30 heavy (non-hydrogen) atoms. The third-order valence-electron chi connectivity index (χ3n) is 5.25. The van der Waals surface area contributed by atoms with E-state index in [1.165, 1.54) is 0 Å². The lowest BCUT2D eigenvalue weighted by atomic mass is 10.3. The Balaban J connectivity index is 1.95. The minimum atomic E-state index is -2.18. The van der Waals surface area contributed by atoms with Gasteiger partial charge in [-0.2, -0.15) is 5.10 Å². The summed E-state index contributed by atoms with van der Waals surface area (Å²) in [6, 6.07) is 5.75. The minimum absolute atomic E-state index is 0.0901. The second-order valence-electron chi connectivity index (χ2n) is 8.30. The van der Waals surface area contributed by atoms with Crippen molar-refractivity contribution in [2.24, 2.45) is 9.85 Å². The predicted molar refractivity (Wildman–Crippen MR) is 126 cm³/mol. The molecule has 1 aromatic rings. The Morgan fingerprint density at radius 3 is 2.10 bits per heavy atom. The summed E-state index contributed by atoms with van der Waals surface area (Å²) in [5.41, 5.74) is 4.59. The molecule has 0 unspecified atom stereocenters. The molecule has 10 heteroatoms. The molecular formula is C20H33N6O2PS. The van der Waals surface area contributed by atoms with Crippen LogP contribution in [-0.4, -0.2) is 82.9 Å². The van der Waals surface area contributed by atoms with Crippen molar-refractivity contribution in [1.29, 1.82) is 0 Å². The maximum atomic E-state index is 5.68. The van der Waals surface area contributed by atoms with Gasteiger partial charge in [0.05, 0.1) is 37.8 Å². The molecule has 2 saturated heterocycles. The molecule has 0 atom stereocenters. The summed E-state index contributed by atoms with van der Waals surface area (Å²) in [6.45, 7) is 15.0. The number of pyridine rings is 1. The summed E-state index contributed by atoms with van der Waals surface area (Å²) in [6.07, 6.45) is 1.75. The molecule has 0 saturated carbocycles. The van der Waals surface area contributed by atoms with Gasteiger partial charge < -0.3 is 9.47 Å². The van der Waals surface area contributed by atoms with E-state index < -0.39 is 7.36 Å². The monoisotopic (exact) mass is 452 g/mol. The van der Waals surface area contributed by atoms with Crippen molar-refractivity contribution in [3.05, 3.63) is 30.1 Å². The van der Waals surface area contributed by atoms with E-state index in [0.29, 0.717) is 5.11 Å². The van der Waals surface area contributed by atoms with Gasteiger partial charge in [0.2, 0.25) is 5.11 Å². The van der Waals surface area contributed by atoms with Gasteiger partial charge in [-0.05, 0) is 31.3 Å². The Hall–Kier alpha value is -1.22.